The highest BCUT2D eigenvalue weighted by molar-refractivity contribution is 7.92. The van der Waals surface area contributed by atoms with Crippen LogP contribution in [0.15, 0.2) is 84.0 Å². The van der Waals surface area contributed by atoms with Crippen LogP contribution in [0, 0.1) is 0 Å². The van der Waals surface area contributed by atoms with E-state index in [2.05, 4.69) is 24.4 Å². The molecule has 0 aliphatic heterocycles. The minimum atomic E-state index is -3.45. The Labute approximate surface area is 189 Å². The molecule has 3 aromatic carbocycles. The van der Waals surface area contributed by atoms with E-state index in [9.17, 15) is 13.2 Å². The highest BCUT2D eigenvalue weighted by atomic mass is 32.2. The van der Waals surface area contributed by atoms with Gasteiger partial charge in [-0.1, -0.05) is 68.4 Å². The van der Waals surface area contributed by atoms with Crippen molar-refractivity contribution in [3.8, 4) is 0 Å². The maximum atomic E-state index is 12.4. The number of hydrogen-bond acceptors (Lipinski definition) is 4. The lowest BCUT2D eigenvalue weighted by Crippen LogP contribution is -2.29. The van der Waals surface area contributed by atoms with Crippen LogP contribution in [0.1, 0.15) is 46.8 Å². The summed E-state index contributed by atoms with van der Waals surface area (Å²) in [6.45, 7) is 4.44. The lowest BCUT2D eigenvalue weighted by molar-refractivity contribution is 0.0955. The molecule has 0 radical (unpaired) electrons. The number of rotatable bonds is 8. The number of carbonyl (C=O) groups is 1. The van der Waals surface area contributed by atoms with E-state index in [1.807, 2.05) is 30.3 Å². The standard InChI is InChI=1S/C25H27N3O3S/c1-19(2)22-13-9-20(10-14-22)17-26-27-25(29)23-15-11-21(12-16-23)18-28(32(3,30)31)24-7-5-4-6-8-24/h4-17,19H,18H2,1-3H3,(H,27,29)/b26-17-. The minimum Gasteiger partial charge on any atom is -0.267 e. The predicted molar refractivity (Wildman–Crippen MR) is 130 cm³/mol. The second kappa shape index (κ2) is 10.2. The minimum absolute atomic E-state index is 0.176. The van der Waals surface area contributed by atoms with Crippen LogP contribution in [0.2, 0.25) is 0 Å². The molecular formula is C25H27N3O3S. The number of para-hydroxylation sites is 1. The van der Waals surface area contributed by atoms with Gasteiger partial charge in [-0.25, -0.2) is 13.8 Å². The molecule has 166 valence electrons. The number of benzene rings is 3. The largest absolute Gasteiger partial charge is 0.271 e. The van der Waals surface area contributed by atoms with Crippen LogP contribution in [0.3, 0.4) is 0 Å². The molecule has 0 bridgehead atoms. The Morgan fingerprint density at radius 3 is 2.16 bits per heavy atom. The Balaban J connectivity index is 1.63. The van der Waals surface area contributed by atoms with Crippen LogP contribution in [0.5, 0.6) is 0 Å². The fourth-order valence-corrected chi connectivity index (χ4v) is 4.01. The zero-order valence-electron chi connectivity index (χ0n) is 18.4. The molecule has 0 saturated carbocycles. The van der Waals surface area contributed by atoms with E-state index in [-0.39, 0.29) is 12.5 Å². The number of carbonyl (C=O) groups excluding carboxylic acids is 1. The van der Waals surface area contributed by atoms with Crippen LogP contribution in [0.25, 0.3) is 0 Å². The summed E-state index contributed by atoms with van der Waals surface area (Å²) in [5.74, 6) is 0.121. The first-order valence-corrected chi connectivity index (χ1v) is 12.1. The summed E-state index contributed by atoms with van der Waals surface area (Å²) in [5, 5.41) is 4.02. The maximum Gasteiger partial charge on any atom is 0.271 e. The van der Waals surface area contributed by atoms with Crippen LogP contribution in [0.4, 0.5) is 5.69 Å². The molecule has 0 spiro atoms. The number of sulfonamides is 1. The van der Waals surface area contributed by atoms with Crippen molar-refractivity contribution in [2.45, 2.75) is 26.3 Å². The third-order valence-electron chi connectivity index (χ3n) is 4.97. The Bertz CT molecular complexity index is 1170. The quantitative estimate of drug-likeness (QED) is 0.405. The third kappa shape index (κ3) is 6.28. The number of anilines is 1. The number of amides is 1. The maximum absolute atomic E-state index is 12.4. The molecule has 0 aliphatic carbocycles. The van der Waals surface area contributed by atoms with Gasteiger partial charge in [-0.05, 0) is 46.9 Å². The number of nitrogens with one attached hydrogen (secondary N) is 1. The Morgan fingerprint density at radius 1 is 0.969 bits per heavy atom. The van der Waals surface area contributed by atoms with Crippen molar-refractivity contribution in [3.05, 3.63) is 101 Å². The lowest BCUT2D eigenvalue weighted by Gasteiger charge is -2.22. The Kier molecular flexibility index (Phi) is 7.43. The van der Waals surface area contributed by atoms with Gasteiger partial charge in [0.25, 0.3) is 5.91 Å². The average Bonchev–Trinajstić information content (AvgIpc) is 2.78. The van der Waals surface area contributed by atoms with Gasteiger partial charge in [0.15, 0.2) is 0 Å². The molecule has 0 aromatic heterocycles. The first-order valence-electron chi connectivity index (χ1n) is 10.3. The van der Waals surface area contributed by atoms with E-state index >= 15 is 0 Å². The van der Waals surface area contributed by atoms with E-state index in [1.165, 1.54) is 16.1 Å². The van der Waals surface area contributed by atoms with E-state index in [4.69, 9.17) is 0 Å². The van der Waals surface area contributed by atoms with Gasteiger partial charge in [0.1, 0.15) is 0 Å². The van der Waals surface area contributed by atoms with Gasteiger partial charge in [-0.15, -0.1) is 0 Å². The van der Waals surface area contributed by atoms with E-state index in [0.29, 0.717) is 17.2 Å². The summed E-state index contributed by atoms with van der Waals surface area (Å²) >= 11 is 0. The Morgan fingerprint density at radius 2 is 1.59 bits per heavy atom. The molecule has 3 rings (SSSR count). The van der Waals surface area contributed by atoms with Gasteiger partial charge >= 0.3 is 0 Å². The van der Waals surface area contributed by atoms with Crippen LogP contribution in [-0.2, 0) is 16.6 Å². The van der Waals surface area contributed by atoms with Gasteiger partial charge in [0.05, 0.1) is 24.7 Å². The zero-order valence-corrected chi connectivity index (χ0v) is 19.2. The topological polar surface area (TPSA) is 78.8 Å². The number of hydrogen-bond donors (Lipinski definition) is 1. The molecule has 6 nitrogen and oxygen atoms in total. The molecule has 1 amide bonds. The second-order valence-corrected chi connectivity index (χ2v) is 9.73. The number of hydrazone groups is 1. The molecule has 0 fully saturated rings. The molecule has 0 atom stereocenters. The molecule has 1 N–H and O–H groups in total. The number of nitrogens with zero attached hydrogens (tertiary/aromatic N) is 2. The van der Waals surface area contributed by atoms with E-state index < -0.39 is 10.0 Å². The summed E-state index contributed by atoms with van der Waals surface area (Å²) < 4.78 is 25.8. The zero-order chi connectivity index (χ0) is 23.1. The van der Waals surface area contributed by atoms with Crippen molar-refractivity contribution in [1.82, 2.24) is 5.43 Å². The molecule has 0 aliphatic rings. The molecule has 0 heterocycles. The van der Waals surface area contributed by atoms with Crippen LogP contribution >= 0.6 is 0 Å². The Hall–Kier alpha value is -3.45. The van der Waals surface area contributed by atoms with Gasteiger partial charge in [0, 0.05) is 5.56 Å². The van der Waals surface area contributed by atoms with Crippen molar-refractivity contribution < 1.29 is 13.2 Å². The monoisotopic (exact) mass is 449 g/mol. The highest BCUT2D eigenvalue weighted by Crippen LogP contribution is 2.20. The van der Waals surface area contributed by atoms with Gasteiger partial charge in [-0.2, -0.15) is 5.10 Å². The molecule has 7 heteroatoms. The van der Waals surface area contributed by atoms with Crippen molar-refractivity contribution in [3.63, 3.8) is 0 Å². The molecule has 3 aromatic rings. The van der Waals surface area contributed by atoms with Gasteiger partial charge in [0.2, 0.25) is 10.0 Å². The summed E-state index contributed by atoms with van der Waals surface area (Å²) in [5.41, 5.74) is 6.45. The first kappa shape index (κ1) is 23.2. The summed E-state index contributed by atoms with van der Waals surface area (Å²) in [6, 6.07) is 23.7. The molecular weight excluding hydrogens is 422 g/mol. The fourth-order valence-electron chi connectivity index (χ4n) is 3.12. The van der Waals surface area contributed by atoms with E-state index in [0.717, 1.165) is 11.1 Å². The van der Waals surface area contributed by atoms with Crippen molar-refractivity contribution in [2.24, 2.45) is 5.10 Å². The third-order valence-corrected chi connectivity index (χ3v) is 6.11. The van der Waals surface area contributed by atoms with Crippen LogP contribution in [-0.4, -0.2) is 26.8 Å². The summed E-state index contributed by atoms with van der Waals surface area (Å²) in [6.07, 6.45) is 2.77. The highest BCUT2D eigenvalue weighted by Gasteiger charge is 2.17. The summed E-state index contributed by atoms with van der Waals surface area (Å²) in [7, 11) is -3.45. The molecule has 0 unspecified atom stereocenters. The lowest BCUT2D eigenvalue weighted by atomic mass is 10.0. The SMILES string of the molecule is CC(C)c1ccc(/C=N\NC(=O)c2ccc(CN(c3ccccc3)S(C)(=O)=O)cc2)cc1. The van der Waals surface area contributed by atoms with E-state index in [1.54, 1.807) is 54.7 Å². The average molecular weight is 450 g/mol. The second-order valence-electron chi connectivity index (χ2n) is 7.82. The fraction of sp³-hybridized carbons (Fsp3) is 0.200. The molecule has 0 saturated heterocycles. The summed E-state index contributed by atoms with van der Waals surface area (Å²) in [4.78, 5) is 12.4. The van der Waals surface area contributed by atoms with Crippen LogP contribution < -0.4 is 9.73 Å². The molecule has 32 heavy (non-hydrogen) atoms. The predicted octanol–water partition coefficient (Wildman–Crippen LogP) is 4.54. The smallest absolute Gasteiger partial charge is 0.267 e. The van der Waals surface area contributed by atoms with Gasteiger partial charge in [-0.3, -0.25) is 9.10 Å². The van der Waals surface area contributed by atoms with Crippen molar-refractivity contribution >= 4 is 27.8 Å². The van der Waals surface area contributed by atoms with Gasteiger partial charge < -0.3 is 0 Å². The van der Waals surface area contributed by atoms with Crippen molar-refractivity contribution in [1.29, 1.82) is 0 Å². The van der Waals surface area contributed by atoms with Crippen molar-refractivity contribution in [2.75, 3.05) is 10.6 Å². The first-order chi connectivity index (χ1) is 15.2. The normalized spacial score (nSPS) is 11.6.